The lowest BCUT2D eigenvalue weighted by molar-refractivity contribution is -0.0689. The first-order valence-corrected chi connectivity index (χ1v) is 8.55. The van der Waals surface area contributed by atoms with Gasteiger partial charge in [0.2, 0.25) is 10.0 Å². The number of hydrogen-bond acceptors (Lipinski definition) is 4. The zero-order valence-electron chi connectivity index (χ0n) is 12.3. The Bertz CT molecular complexity index is 637. The number of carbonyl (C=O) groups excluding carboxylic acids is 1. The molecule has 0 heterocycles. The Labute approximate surface area is 124 Å². The summed E-state index contributed by atoms with van der Waals surface area (Å²) in [7, 11) is -3.32. The molecule has 7 heteroatoms. The van der Waals surface area contributed by atoms with Crippen LogP contribution in [0.5, 0.6) is 0 Å². The average Bonchev–Trinajstić information content (AvgIpc) is 2.37. The van der Waals surface area contributed by atoms with Crippen molar-refractivity contribution in [2.45, 2.75) is 32.4 Å². The Kier molecular flexibility index (Phi) is 3.99. The minimum Gasteiger partial charge on any atom is -0.392 e. The van der Waals surface area contributed by atoms with E-state index in [-0.39, 0.29) is 17.4 Å². The highest BCUT2D eigenvalue weighted by molar-refractivity contribution is 7.92. The van der Waals surface area contributed by atoms with Gasteiger partial charge < -0.3 is 10.4 Å². The van der Waals surface area contributed by atoms with Gasteiger partial charge in [0.25, 0.3) is 5.91 Å². The van der Waals surface area contributed by atoms with Gasteiger partial charge in [0.15, 0.2) is 0 Å². The maximum absolute atomic E-state index is 12.1. The van der Waals surface area contributed by atoms with E-state index >= 15 is 0 Å². The van der Waals surface area contributed by atoms with Crippen LogP contribution in [0.1, 0.15) is 30.6 Å². The van der Waals surface area contributed by atoms with Gasteiger partial charge in [-0.1, -0.05) is 13.8 Å². The van der Waals surface area contributed by atoms with Crippen LogP contribution in [0.15, 0.2) is 24.3 Å². The van der Waals surface area contributed by atoms with Crippen LogP contribution in [0, 0.1) is 5.41 Å². The van der Waals surface area contributed by atoms with Crippen LogP contribution in [-0.4, -0.2) is 37.8 Å². The molecule has 0 aromatic heterocycles. The zero-order valence-corrected chi connectivity index (χ0v) is 13.1. The van der Waals surface area contributed by atoms with E-state index in [1.807, 2.05) is 13.8 Å². The predicted molar refractivity (Wildman–Crippen MR) is 80.6 cm³/mol. The number of rotatable bonds is 4. The minimum atomic E-state index is -3.32. The van der Waals surface area contributed by atoms with E-state index in [0.29, 0.717) is 17.7 Å². The highest BCUT2D eigenvalue weighted by Gasteiger charge is 2.47. The average molecular weight is 312 g/mol. The maximum atomic E-state index is 12.1. The molecule has 0 aliphatic heterocycles. The van der Waals surface area contributed by atoms with Gasteiger partial charge in [-0.3, -0.25) is 9.52 Å². The number of benzene rings is 1. The van der Waals surface area contributed by atoms with Crippen LogP contribution < -0.4 is 10.0 Å². The van der Waals surface area contributed by atoms with Gasteiger partial charge in [-0.15, -0.1) is 0 Å². The first kappa shape index (κ1) is 15.8. The van der Waals surface area contributed by atoms with E-state index in [9.17, 15) is 18.3 Å². The monoisotopic (exact) mass is 312 g/mol. The molecular formula is C14H20N2O4S. The molecule has 0 radical (unpaired) electrons. The van der Waals surface area contributed by atoms with Gasteiger partial charge in [-0.25, -0.2) is 8.42 Å². The second-order valence-corrected chi connectivity index (χ2v) is 7.80. The van der Waals surface area contributed by atoms with Crippen molar-refractivity contribution in [2.75, 3.05) is 11.0 Å². The van der Waals surface area contributed by atoms with Crippen LogP contribution in [0.3, 0.4) is 0 Å². The maximum Gasteiger partial charge on any atom is 0.251 e. The fraction of sp³-hybridized carbons (Fsp3) is 0.500. The fourth-order valence-electron chi connectivity index (χ4n) is 2.29. The number of nitrogens with one attached hydrogen (secondary N) is 2. The van der Waals surface area contributed by atoms with Crippen LogP contribution in [0.2, 0.25) is 0 Å². The van der Waals surface area contributed by atoms with Crippen molar-refractivity contribution in [3.63, 3.8) is 0 Å². The summed E-state index contributed by atoms with van der Waals surface area (Å²) in [6, 6.07) is 6.14. The molecule has 1 amide bonds. The van der Waals surface area contributed by atoms with Crippen molar-refractivity contribution in [3.05, 3.63) is 29.8 Å². The number of amides is 1. The summed E-state index contributed by atoms with van der Waals surface area (Å²) in [4.78, 5) is 12.1. The van der Waals surface area contributed by atoms with Gasteiger partial charge in [-0.05, 0) is 30.7 Å². The SMILES string of the molecule is CC1(C)C(O)CC1NC(=O)c1ccc(NS(C)(=O)=O)cc1. The van der Waals surface area contributed by atoms with E-state index in [2.05, 4.69) is 10.0 Å². The van der Waals surface area contributed by atoms with Crippen molar-refractivity contribution < 1.29 is 18.3 Å². The van der Waals surface area contributed by atoms with Gasteiger partial charge in [-0.2, -0.15) is 0 Å². The third-order valence-corrected chi connectivity index (χ3v) is 4.58. The number of sulfonamides is 1. The lowest BCUT2D eigenvalue weighted by Gasteiger charge is -2.49. The van der Waals surface area contributed by atoms with Crippen LogP contribution >= 0.6 is 0 Å². The standard InChI is InChI=1S/C14H20N2O4S/c1-14(2)11(8-12(14)17)15-13(18)9-4-6-10(7-5-9)16-21(3,19)20/h4-7,11-12,16-17H,8H2,1-3H3,(H,15,18). The van der Waals surface area contributed by atoms with E-state index < -0.39 is 16.1 Å². The molecule has 1 aliphatic rings. The third kappa shape index (κ3) is 3.54. The molecule has 21 heavy (non-hydrogen) atoms. The molecule has 2 rings (SSSR count). The molecule has 2 atom stereocenters. The van der Waals surface area contributed by atoms with Crippen LogP contribution in [0.4, 0.5) is 5.69 Å². The van der Waals surface area contributed by atoms with Crippen molar-refractivity contribution in [1.29, 1.82) is 0 Å². The van der Waals surface area contributed by atoms with Gasteiger partial charge in [0.1, 0.15) is 0 Å². The Morgan fingerprint density at radius 3 is 2.29 bits per heavy atom. The van der Waals surface area contributed by atoms with E-state index in [1.54, 1.807) is 12.1 Å². The molecule has 0 saturated heterocycles. The second-order valence-electron chi connectivity index (χ2n) is 6.05. The number of carbonyl (C=O) groups is 1. The highest BCUT2D eigenvalue weighted by atomic mass is 32.2. The van der Waals surface area contributed by atoms with Crippen molar-refractivity contribution in [3.8, 4) is 0 Å². The molecule has 1 aromatic rings. The molecule has 3 N–H and O–H groups in total. The Hall–Kier alpha value is -1.60. The second kappa shape index (κ2) is 5.31. The van der Waals surface area contributed by atoms with E-state index in [0.717, 1.165) is 6.26 Å². The minimum absolute atomic E-state index is 0.0613. The van der Waals surface area contributed by atoms with Gasteiger partial charge >= 0.3 is 0 Å². The number of aliphatic hydroxyl groups is 1. The Morgan fingerprint density at radius 2 is 1.86 bits per heavy atom. The lowest BCUT2D eigenvalue weighted by atomic mass is 9.64. The normalized spacial score (nSPS) is 24.0. The largest absolute Gasteiger partial charge is 0.392 e. The summed E-state index contributed by atoms with van der Waals surface area (Å²) in [6.45, 7) is 3.82. The first-order chi connectivity index (χ1) is 9.59. The molecule has 0 bridgehead atoms. The topological polar surface area (TPSA) is 95.5 Å². The smallest absolute Gasteiger partial charge is 0.251 e. The fourth-order valence-corrected chi connectivity index (χ4v) is 2.86. The summed E-state index contributed by atoms with van der Waals surface area (Å²) in [5.41, 5.74) is 0.535. The van der Waals surface area contributed by atoms with Crippen LogP contribution in [-0.2, 0) is 10.0 Å². The molecule has 1 aromatic carbocycles. The van der Waals surface area contributed by atoms with Crippen molar-refractivity contribution in [1.82, 2.24) is 5.32 Å². The molecule has 6 nitrogen and oxygen atoms in total. The van der Waals surface area contributed by atoms with Gasteiger partial charge in [0.05, 0.1) is 12.4 Å². The molecule has 1 aliphatic carbocycles. The van der Waals surface area contributed by atoms with E-state index in [4.69, 9.17) is 0 Å². The molecule has 2 unspecified atom stereocenters. The quantitative estimate of drug-likeness (QED) is 0.771. The molecular weight excluding hydrogens is 292 g/mol. The number of anilines is 1. The number of hydrogen-bond donors (Lipinski definition) is 3. The molecule has 1 fully saturated rings. The summed E-state index contributed by atoms with van der Waals surface area (Å²) >= 11 is 0. The molecule has 1 saturated carbocycles. The zero-order chi connectivity index (χ0) is 15.8. The van der Waals surface area contributed by atoms with Crippen molar-refractivity contribution in [2.24, 2.45) is 5.41 Å². The van der Waals surface area contributed by atoms with Crippen LogP contribution in [0.25, 0.3) is 0 Å². The third-order valence-electron chi connectivity index (χ3n) is 3.97. The molecule has 0 spiro atoms. The lowest BCUT2D eigenvalue weighted by Crippen LogP contribution is -2.61. The Balaban J connectivity index is 2.01. The summed E-state index contributed by atoms with van der Waals surface area (Å²) < 4.78 is 24.5. The summed E-state index contributed by atoms with van der Waals surface area (Å²) in [5, 5.41) is 12.5. The number of aliphatic hydroxyl groups excluding tert-OH is 1. The van der Waals surface area contributed by atoms with E-state index in [1.165, 1.54) is 12.1 Å². The first-order valence-electron chi connectivity index (χ1n) is 6.66. The van der Waals surface area contributed by atoms with Gasteiger partial charge in [0, 0.05) is 22.7 Å². The molecule has 116 valence electrons. The predicted octanol–water partition coefficient (Wildman–Crippen LogP) is 0.947. The Morgan fingerprint density at radius 1 is 1.29 bits per heavy atom. The summed E-state index contributed by atoms with van der Waals surface area (Å²) in [5.74, 6) is -0.231. The van der Waals surface area contributed by atoms with Crippen molar-refractivity contribution >= 4 is 21.6 Å². The summed E-state index contributed by atoms with van der Waals surface area (Å²) in [6.07, 6.45) is 1.22. The highest BCUT2D eigenvalue weighted by Crippen LogP contribution is 2.40.